The summed E-state index contributed by atoms with van der Waals surface area (Å²) in [5.74, 6) is 1.98. The lowest BCUT2D eigenvalue weighted by molar-refractivity contribution is -0.113. The number of carbonyl (C=O) groups excluding carboxylic acids is 1. The Morgan fingerprint density at radius 3 is 2.55 bits per heavy atom. The number of fused-ring (bicyclic) bond motifs is 1. The molecule has 1 aliphatic rings. The molecule has 0 saturated heterocycles. The Kier molecular flexibility index (Phi) is 6.99. The summed E-state index contributed by atoms with van der Waals surface area (Å²) in [6, 6.07) is 20.5. The van der Waals surface area contributed by atoms with Gasteiger partial charge in [0.05, 0.1) is 25.5 Å². The molecule has 0 aliphatic carbocycles. The fourth-order valence-corrected chi connectivity index (χ4v) is 4.46. The molecular formula is C29H29N5O4. The highest BCUT2D eigenvalue weighted by atomic mass is 16.5. The van der Waals surface area contributed by atoms with Crippen LogP contribution in [0.3, 0.4) is 0 Å². The standard InChI is InChI=1S/C29H29N5O4/c1-18-9-11-20(12-10-18)16-38-24-8-6-5-7-22(24)27-26(19(2)32-29-30-17-31-34(27)29)28(35)33-23-15-21(36-3)13-14-25(23)37-4/h5-15,17,27H,16H2,1-4H3,(H,33,35)(H,30,31,32)/t27-/m1/s1. The number of aryl methyl sites for hydroxylation is 1. The molecule has 38 heavy (non-hydrogen) atoms. The van der Waals surface area contributed by atoms with E-state index in [-0.39, 0.29) is 5.91 Å². The van der Waals surface area contributed by atoms with Gasteiger partial charge in [-0.25, -0.2) is 4.68 Å². The number of hydrogen-bond donors (Lipinski definition) is 2. The van der Waals surface area contributed by atoms with Gasteiger partial charge in [-0.05, 0) is 37.6 Å². The summed E-state index contributed by atoms with van der Waals surface area (Å²) in [4.78, 5) is 18.2. The number of benzene rings is 3. The molecule has 5 rings (SSSR count). The number of anilines is 2. The van der Waals surface area contributed by atoms with Crippen LogP contribution < -0.4 is 24.8 Å². The van der Waals surface area contributed by atoms with E-state index < -0.39 is 6.04 Å². The van der Waals surface area contributed by atoms with Crippen LogP contribution in [-0.2, 0) is 11.4 Å². The minimum atomic E-state index is -0.584. The molecule has 2 N–H and O–H groups in total. The Morgan fingerprint density at radius 1 is 1.00 bits per heavy atom. The van der Waals surface area contributed by atoms with Gasteiger partial charge in [-0.15, -0.1) is 0 Å². The highest BCUT2D eigenvalue weighted by Gasteiger charge is 2.35. The second kappa shape index (κ2) is 10.7. The van der Waals surface area contributed by atoms with Crippen molar-refractivity contribution in [2.75, 3.05) is 24.9 Å². The second-order valence-electron chi connectivity index (χ2n) is 8.93. The number of para-hydroxylation sites is 1. The Labute approximate surface area is 221 Å². The average Bonchev–Trinajstić information content (AvgIpc) is 3.40. The number of nitrogens with zero attached hydrogens (tertiary/aromatic N) is 3. The van der Waals surface area contributed by atoms with Crippen molar-refractivity contribution in [3.63, 3.8) is 0 Å². The molecular weight excluding hydrogens is 482 g/mol. The van der Waals surface area contributed by atoms with Crippen LogP contribution in [0.1, 0.15) is 29.7 Å². The number of nitrogens with one attached hydrogen (secondary N) is 2. The molecule has 1 aliphatic heterocycles. The smallest absolute Gasteiger partial charge is 0.255 e. The number of methoxy groups -OCH3 is 2. The lowest BCUT2D eigenvalue weighted by atomic mass is 9.94. The third kappa shape index (κ3) is 4.90. The van der Waals surface area contributed by atoms with Crippen LogP contribution in [0.25, 0.3) is 0 Å². The molecule has 1 aromatic heterocycles. The number of amides is 1. The zero-order valence-electron chi connectivity index (χ0n) is 21.7. The second-order valence-corrected chi connectivity index (χ2v) is 8.93. The van der Waals surface area contributed by atoms with Gasteiger partial charge in [0.15, 0.2) is 0 Å². The van der Waals surface area contributed by atoms with Gasteiger partial charge in [0, 0.05) is 17.3 Å². The van der Waals surface area contributed by atoms with E-state index in [4.69, 9.17) is 14.2 Å². The highest BCUT2D eigenvalue weighted by molar-refractivity contribution is 6.06. The van der Waals surface area contributed by atoms with Crippen LogP contribution in [0.5, 0.6) is 17.2 Å². The maximum Gasteiger partial charge on any atom is 0.255 e. The molecule has 194 valence electrons. The summed E-state index contributed by atoms with van der Waals surface area (Å²) in [7, 11) is 3.12. The van der Waals surface area contributed by atoms with E-state index in [0.717, 1.165) is 11.1 Å². The first kappa shape index (κ1) is 24.9. The fraction of sp³-hybridized carbons (Fsp3) is 0.207. The van der Waals surface area contributed by atoms with Crippen LogP contribution in [0.2, 0.25) is 0 Å². The van der Waals surface area contributed by atoms with Crippen LogP contribution >= 0.6 is 0 Å². The topological polar surface area (TPSA) is 99.5 Å². The molecule has 9 heteroatoms. The summed E-state index contributed by atoms with van der Waals surface area (Å²) in [6.45, 7) is 4.28. The van der Waals surface area contributed by atoms with Gasteiger partial charge in [-0.3, -0.25) is 4.79 Å². The molecule has 9 nitrogen and oxygen atoms in total. The first-order valence-electron chi connectivity index (χ1n) is 12.2. The van der Waals surface area contributed by atoms with Gasteiger partial charge < -0.3 is 24.8 Å². The van der Waals surface area contributed by atoms with Crippen molar-refractivity contribution in [2.24, 2.45) is 0 Å². The molecule has 1 amide bonds. The minimum absolute atomic E-state index is 0.318. The summed E-state index contributed by atoms with van der Waals surface area (Å²) >= 11 is 0. The summed E-state index contributed by atoms with van der Waals surface area (Å²) in [6.07, 6.45) is 1.46. The molecule has 0 spiro atoms. The molecule has 2 heterocycles. The van der Waals surface area contributed by atoms with E-state index in [0.29, 0.717) is 46.8 Å². The van der Waals surface area contributed by atoms with Crippen molar-refractivity contribution >= 4 is 17.5 Å². The lowest BCUT2D eigenvalue weighted by Gasteiger charge is -2.30. The van der Waals surface area contributed by atoms with Gasteiger partial charge >= 0.3 is 0 Å². The first-order valence-corrected chi connectivity index (χ1v) is 12.2. The maximum absolute atomic E-state index is 13.9. The first-order chi connectivity index (χ1) is 18.5. The Balaban J connectivity index is 1.52. The van der Waals surface area contributed by atoms with Gasteiger partial charge in [-0.2, -0.15) is 10.1 Å². The van der Waals surface area contributed by atoms with Crippen molar-refractivity contribution in [2.45, 2.75) is 26.5 Å². The minimum Gasteiger partial charge on any atom is -0.497 e. The largest absolute Gasteiger partial charge is 0.497 e. The van der Waals surface area contributed by atoms with Gasteiger partial charge in [0.1, 0.15) is 36.2 Å². The van der Waals surface area contributed by atoms with E-state index >= 15 is 0 Å². The van der Waals surface area contributed by atoms with Crippen LogP contribution in [0.4, 0.5) is 11.6 Å². The molecule has 0 bridgehead atoms. The quantitative estimate of drug-likeness (QED) is 0.339. The van der Waals surface area contributed by atoms with Crippen LogP contribution in [-0.4, -0.2) is 34.9 Å². The number of ether oxygens (including phenoxy) is 3. The molecule has 3 aromatic carbocycles. The lowest BCUT2D eigenvalue weighted by Crippen LogP contribution is -2.31. The predicted molar refractivity (Wildman–Crippen MR) is 145 cm³/mol. The number of allylic oxidation sites excluding steroid dienone is 1. The number of carbonyl (C=O) groups is 1. The summed E-state index contributed by atoms with van der Waals surface area (Å²) in [5, 5.41) is 10.6. The molecule has 1 atom stereocenters. The molecule has 0 unspecified atom stereocenters. The molecule has 0 saturated carbocycles. The Morgan fingerprint density at radius 2 is 1.79 bits per heavy atom. The van der Waals surface area contributed by atoms with Crippen molar-refractivity contribution < 1.29 is 19.0 Å². The summed E-state index contributed by atoms with van der Waals surface area (Å²) < 4.78 is 18.8. The van der Waals surface area contributed by atoms with Crippen molar-refractivity contribution in [1.82, 2.24) is 14.8 Å². The van der Waals surface area contributed by atoms with E-state index in [1.165, 1.54) is 11.9 Å². The maximum atomic E-state index is 13.9. The van der Waals surface area contributed by atoms with Gasteiger partial charge in [0.25, 0.3) is 5.91 Å². The summed E-state index contributed by atoms with van der Waals surface area (Å²) in [5.41, 5.74) is 4.64. The zero-order valence-corrected chi connectivity index (χ0v) is 21.7. The molecule has 0 fully saturated rings. The average molecular weight is 512 g/mol. The predicted octanol–water partition coefficient (Wildman–Crippen LogP) is 5.11. The van der Waals surface area contributed by atoms with Crippen molar-refractivity contribution in [1.29, 1.82) is 0 Å². The zero-order chi connectivity index (χ0) is 26.6. The van der Waals surface area contributed by atoms with Crippen molar-refractivity contribution in [3.8, 4) is 17.2 Å². The number of rotatable bonds is 8. The van der Waals surface area contributed by atoms with E-state index in [1.807, 2.05) is 43.3 Å². The normalized spacial score (nSPS) is 14.4. The van der Waals surface area contributed by atoms with Gasteiger partial charge in [0.2, 0.25) is 5.95 Å². The van der Waals surface area contributed by atoms with E-state index in [1.54, 1.807) is 37.1 Å². The van der Waals surface area contributed by atoms with E-state index in [2.05, 4.69) is 39.8 Å². The van der Waals surface area contributed by atoms with Gasteiger partial charge in [-0.1, -0.05) is 48.0 Å². The van der Waals surface area contributed by atoms with Crippen LogP contribution in [0, 0.1) is 6.92 Å². The van der Waals surface area contributed by atoms with Crippen molar-refractivity contribution in [3.05, 3.63) is 101 Å². The SMILES string of the molecule is COc1ccc(OC)c(NC(=O)C2=C(C)Nc3ncnn3[C@@H]2c2ccccc2OCc2ccc(C)cc2)c1. The molecule has 4 aromatic rings. The Hall–Kier alpha value is -4.79. The third-order valence-electron chi connectivity index (χ3n) is 6.42. The Bertz CT molecular complexity index is 1490. The highest BCUT2D eigenvalue weighted by Crippen LogP contribution is 2.40. The number of aromatic nitrogens is 3. The molecule has 0 radical (unpaired) electrons. The third-order valence-corrected chi connectivity index (χ3v) is 6.42. The van der Waals surface area contributed by atoms with E-state index in [9.17, 15) is 4.79 Å². The number of hydrogen-bond acceptors (Lipinski definition) is 7. The monoisotopic (exact) mass is 511 g/mol. The fourth-order valence-electron chi connectivity index (χ4n) is 4.46. The van der Waals surface area contributed by atoms with Crippen LogP contribution in [0.15, 0.2) is 84.3 Å².